The lowest BCUT2D eigenvalue weighted by atomic mass is 9.90. The highest BCUT2D eigenvalue weighted by atomic mass is 32.3. The van der Waals surface area contributed by atoms with Gasteiger partial charge in [-0.25, -0.2) is 9.29 Å². The Morgan fingerprint density at radius 1 is 1.19 bits per heavy atom. The van der Waals surface area contributed by atoms with Crippen LogP contribution in [-0.4, -0.2) is 61.3 Å². The zero-order valence-corrected chi connectivity index (χ0v) is 19.2. The molecule has 0 saturated carbocycles. The first kappa shape index (κ1) is 21.4. The fourth-order valence-corrected chi connectivity index (χ4v) is 7.19. The molecule has 0 aliphatic carbocycles. The maximum atomic E-state index is 11.3. The van der Waals surface area contributed by atoms with Crippen LogP contribution in [0.2, 0.25) is 0 Å². The third-order valence-corrected chi connectivity index (χ3v) is 9.78. The number of aliphatic hydroxyl groups is 1. The smallest absolute Gasteiger partial charge is 0.110 e. The Hall–Kier alpha value is -1.42. The number of hydrogen-bond acceptors (Lipinski definition) is 6. The van der Waals surface area contributed by atoms with Crippen LogP contribution < -0.4 is 5.32 Å². The average Bonchev–Trinajstić information content (AvgIpc) is 3.39. The van der Waals surface area contributed by atoms with Crippen molar-refractivity contribution in [3.05, 3.63) is 48.0 Å². The molecule has 0 radical (unpaired) electrons. The quantitative estimate of drug-likeness (QED) is 0.592. The molecule has 3 aliphatic rings. The molecule has 6 atom stereocenters. The van der Waals surface area contributed by atoms with Gasteiger partial charge in [0.1, 0.15) is 12.1 Å². The van der Waals surface area contributed by atoms with Gasteiger partial charge < -0.3 is 19.0 Å². The Kier molecular flexibility index (Phi) is 5.87. The van der Waals surface area contributed by atoms with E-state index >= 15 is 0 Å². The molecule has 6 unspecified atom stereocenters. The van der Waals surface area contributed by atoms with E-state index in [-0.39, 0.29) is 24.2 Å². The van der Waals surface area contributed by atoms with E-state index in [1.807, 2.05) is 30.8 Å². The molecule has 2 bridgehead atoms. The number of benzene rings is 1. The monoisotopic (exact) mass is 446 g/mol. The number of aryl methyl sites for hydroxylation is 1. The predicted octanol–water partition coefficient (Wildman–Crippen LogP) is 3.16. The van der Waals surface area contributed by atoms with E-state index in [1.54, 1.807) is 0 Å². The van der Waals surface area contributed by atoms with E-state index in [4.69, 9.17) is 4.74 Å². The Labute approximate surface area is 186 Å². The molecule has 2 saturated heterocycles. The lowest BCUT2D eigenvalue weighted by Crippen LogP contribution is -2.43. The minimum atomic E-state index is -2.01. The lowest BCUT2D eigenvalue weighted by molar-refractivity contribution is -0.0116. The first-order valence-electron chi connectivity index (χ1n) is 11.4. The van der Waals surface area contributed by atoms with Gasteiger partial charge in [-0.2, -0.15) is 0 Å². The number of aromatic nitrogens is 2. The zero-order valence-electron chi connectivity index (χ0n) is 18.4. The summed E-state index contributed by atoms with van der Waals surface area (Å²) < 4.78 is 21.7. The molecular weight excluding hydrogens is 412 g/mol. The molecule has 2 fully saturated rings. The van der Waals surface area contributed by atoms with E-state index in [1.165, 1.54) is 0 Å². The summed E-state index contributed by atoms with van der Waals surface area (Å²) in [5.74, 6) is 1.26. The largest absolute Gasteiger partial charge is 0.378 e. The van der Waals surface area contributed by atoms with Crippen molar-refractivity contribution in [2.75, 3.05) is 19.3 Å². The fraction of sp³-hybridized carbons (Fsp3) is 0.609. The minimum Gasteiger partial charge on any atom is -0.378 e. The van der Waals surface area contributed by atoms with Crippen molar-refractivity contribution in [2.45, 2.75) is 68.5 Å². The summed E-state index contributed by atoms with van der Waals surface area (Å²) in [6.45, 7) is 4.37. The van der Waals surface area contributed by atoms with Gasteiger partial charge in [0.15, 0.2) is 0 Å². The van der Waals surface area contributed by atoms with Gasteiger partial charge in [0, 0.05) is 61.6 Å². The summed E-state index contributed by atoms with van der Waals surface area (Å²) >= 11 is 0. The third kappa shape index (κ3) is 4.17. The third-order valence-electron chi connectivity index (χ3n) is 7.31. The van der Waals surface area contributed by atoms with Crippen LogP contribution in [-0.2, 0) is 17.7 Å². The summed E-state index contributed by atoms with van der Waals surface area (Å²) in [5, 5.41) is 14.1. The number of hydrogen-bond donors (Lipinski definition) is 3. The molecule has 7 nitrogen and oxygen atoms in total. The van der Waals surface area contributed by atoms with Crippen molar-refractivity contribution in [1.29, 1.82) is 0 Å². The first-order chi connectivity index (χ1) is 14.9. The van der Waals surface area contributed by atoms with E-state index in [0.717, 1.165) is 55.1 Å². The molecule has 1 aromatic heterocycles. The molecule has 5 rings (SSSR count). The van der Waals surface area contributed by atoms with Gasteiger partial charge in [-0.15, -0.1) is 0 Å². The number of fused-ring (bicyclic) bond motifs is 3. The number of imidazole rings is 1. The topological polar surface area (TPSA) is 82.8 Å². The summed E-state index contributed by atoms with van der Waals surface area (Å²) in [6, 6.07) is 8.42. The Morgan fingerprint density at radius 2 is 1.90 bits per heavy atom. The van der Waals surface area contributed by atoms with Gasteiger partial charge in [0.25, 0.3) is 0 Å². The standard InChI is InChI=1S/C23H34N4O3S/c1-16-21(9-10-22-24-11-12-27(16)22)23(28)25-13-17-3-7-20(8-4-17)31(2,29)26-14-18-5-6-19(15-26)30-18/h3-4,7-8,11-12,16,18-19,21,23,25,28-29H,5-6,9-10,13-15H2,1-2H3. The number of nitrogens with zero attached hydrogens (tertiary/aromatic N) is 3. The van der Waals surface area contributed by atoms with Crippen molar-refractivity contribution < 1.29 is 14.4 Å². The lowest BCUT2D eigenvalue weighted by Gasteiger charge is -2.45. The molecule has 8 heteroatoms. The second-order valence-corrected chi connectivity index (χ2v) is 12.0. The number of rotatable bonds is 6. The van der Waals surface area contributed by atoms with Gasteiger partial charge in [-0.05, 0) is 43.9 Å². The van der Waals surface area contributed by atoms with Crippen LogP contribution in [0.15, 0.2) is 41.6 Å². The maximum Gasteiger partial charge on any atom is 0.110 e. The van der Waals surface area contributed by atoms with Crippen molar-refractivity contribution in [3.8, 4) is 0 Å². The molecule has 31 heavy (non-hydrogen) atoms. The van der Waals surface area contributed by atoms with Gasteiger partial charge in [0.05, 0.1) is 12.2 Å². The van der Waals surface area contributed by atoms with Crippen molar-refractivity contribution in [3.63, 3.8) is 0 Å². The number of morpholine rings is 1. The maximum absolute atomic E-state index is 11.3. The SMILES string of the molecule is CC1C(C(O)NCc2ccc(S(C)(O)N3CC4CCC(C3)O4)cc2)CCc2nccn21. The highest BCUT2D eigenvalue weighted by Gasteiger charge is 2.39. The normalized spacial score (nSPS) is 32.3. The molecule has 0 spiro atoms. The van der Waals surface area contributed by atoms with Gasteiger partial charge in [-0.3, -0.25) is 5.32 Å². The molecule has 2 aromatic rings. The molecule has 0 amide bonds. The molecule has 3 aliphatic heterocycles. The molecular formula is C23H34N4O3S. The second kappa shape index (κ2) is 8.50. The highest BCUT2D eigenvalue weighted by molar-refractivity contribution is 8.26. The Bertz CT molecular complexity index is 890. The van der Waals surface area contributed by atoms with E-state index in [0.29, 0.717) is 6.54 Å². The van der Waals surface area contributed by atoms with Crippen LogP contribution in [0.5, 0.6) is 0 Å². The summed E-state index contributed by atoms with van der Waals surface area (Å²) in [4.78, 5) is 5.38. The van der Waals surface area contributed by atoms with Gasteiger partial charge >= 0.3 is 0 Å². The zero-order chi connectivity index (χ0) is 21.6. The summed E-state index contributed by atoms with van der Waals surface area (Å²) in [7, 11) is -2.01. The molecule has 4 heterocycles. The fourth-order valence-electron chi connectivity index (χ4n) is 5.33. The first-order valence-corrected chi connectivity index (χ1v) is 13.3. The Morgan fingerprint density at radius 3 is 2.61 bits per heavy atom. The number of nitrogens with one attached hydrogen (secondary N) is 1. The highest BCUT2D eigenvalue weighted by Crippen LogP contribution is 2.54. The van der Waals surface area contributed by atoms with Crippen LogP contribution in [0.3, 0.4) is 0 Å². The second-order valence-electron chi connectivity index (χ2n) is 9.30. The van der Waals surface area contributed by atoms with Crippen LogP contribution in [0.1, 0.15) is 43.6 Å². The average molecular weight is 447 g/mol. The van der Waals surface area contributed by atoms with Crippen LogP contribution in [0.4, 0.5) is 0 Å². The van der Waals surface area contributed by atoms with Crippen molar-refractivity contribution in [2.24, 2.45) is 5.92 Å². The predicted molar refractivity (Wildman–Crippen MR) is 122 cm³/mol. The molecule has 1 aromatic carbocycles. The van der Waals surface area contributed by atoms with Crippen LogP contribution in [0, 0.1) is 5.92 Å². The van der Waals surface area contributed by atoms with E-state index < -0.39 is 16.7 Å². The summed E-state index contributed by atoms with van der Waals surface area (Å²) in [6.07, 6.45) is 9.81. The van der Waals surface area contributed by atoms with Crippen molar-refractivity contribution >= 4 is 10.5 Å². The van der Waals surface area contributed by atoms with Gasteiger partial charge in [-0.1, -0.05) is 22.6 Å². The van der Waals surface area contributed by atoms with E-state index in [9.17, 15) is 9.66 Å². The summed E-state index contributed by atoms with van der Waals surface area (Å²) in [5.41, 5.74) is 1.10. The van der Waals surface area contributed by atoms with E-state index in [2.05, 4.69) is 38.2 Å². The molecule has 170 valence electrons. The Balaban J connectivity index is 1.19. The number of ether oxygens (including phenoxy) is 1. The van der Waals surface area contributed by atoms with Crippen molar-refractivity contribution in [1.82, 2.24) is 19.2 Å². The van der Waals surface area contributed by atoms with Gasteiger partial charge in [0.2, 0.25) is 0 Å². The number of aliphatic hydroxyl groups excluding tert-OH is 1. The molecule has 3 N–H and O–H groups in total. The van der Waals surface area contributed by atoms with Crippen LogP contribution in [0.25, 0.3) is 0 Å². The minimum absolute atomic E-state index is 0.155. The van der Waals surface area contributed by atoms with Crippen LogP contribution >= 0.6 is 10.5 Å².